The van der Waals surface area contributed by atoms with E-state index in [-0.39, 0.29) is 5.56 Å². The molecule has 6 nitrogen and oxygen atoms in total. The van der Waals surface area contributed by atoms with E-state index in [1.807, 2.05) is 24.3 Å². The Labute approximate surface area is 140 Å². The van der Waals surface area contributed by atoms with E-state index in [9.17, 15) is 4.79 Å². The molecule has 0 aliphatic heterocycles. The Hall–Kier alpha value is -2.51. The lowest BCUT2D eigenvalue weighted by atomic mass is 9.97. The Balaban J connectivity index is 2.01. The van der Waals surface area contributed by atoms with Gasteiger partial charge in [-0.1, -0.05) is 24.3 Å². The number of benzene rings is 1. The van der Waals surface area contributed by atoms with Crippen LogP contribution in [0.4, 0.5) is 5.82 Å². The highest BCUT2D eigenvalue weighted by Crippen LogP contribution is 2.34. The Kier molecular flexibility index (Phi) is 2.89. The van der Waals surface area contributed by atoms with Gasteiger partial charge in [0, 0.05) is 15.6 Å². The largest absolute Gasteiger partial charge is 0.307 e. The second-order valence-corrected chi connectivity index (χ2v) is 7.17. The second kappa shape index (κ2) is 4.99. The van der Waals surface area contributed by atoms with Gasteiger partial charge in [-0.25, -0.2) is 10.8 Å². The van der Waals surface area contributed by atoms with Crippen molar-refractivity contribution in [1.82, 2.24) is 14.6 Å². The SMILES string of the molecule is NNc1nn2c(=O)c3c4c(sc3nc2c2ccccc12)CCCC4. The molecule has 0 atom stereocenters. The molecule has 5 rings (SSSR count). The fourth-order valence-corrected chi connectivity index (χ4v) is 4.86. The number of hydrogen-bond acceptors (Lipinski definition) is 6. The summed E-state index contributed by atoms with van der Waals surface area (Å²) in [5.41, 5.74) is 4.25. The first-order valence-electron chi connectivity index (χ1n) is 8.00. The van der Waals surface area contributed by atoms with Crippen LogP contribution in [0.15, 0.2) is 29.1 Å². The number of fused-ring (bicyclic) bond motifs is 6. The van der Waals surface area contributed by atoms with Crippen molar-refractivity contribution in [2.24, 2.45) is 5.84 Å². The molecule has 1 aliphatic carbocycles. The average molecular weight is 337 g/mol. The van der Waals surface area contributed by atoms with E-state index >= 15 is 0 Å². The van der Waals surface area contributed by atoms with Gasteiger partial charge in [0.1, 0.15) is 4.83 Å². The van der Waals surface area contributed by atoms with E-state index in [1.165, 1.54) is 21.4 Å². The van der Waals surface area contributed by atoms with Crippen LogP contribution in [0.2, 0.25) is 0 Å². The molecular weight excluding hydrogens is 322 g/mol. The summed E-state index contributed by atoms with van der Waals surface area (Å²) in [7, 11) is 0. The minimum Gasteiger partial charge on any atom is -0.307 e. The number of aryl methyl sites for hydroxylation is 2. The van der Waals surface area contributed by atoms with Crippen molar-refractivity contribution < 1.29 is 0 Å². The van der Waals surface area contributed by atoms with Gasteiger partial charge in [-0.05, 0) is 31.2 Å². The highest BCUT2D eigenvalue weighted by Gasteiger charge is 2.21. The van der Waals surface area contributed by atoms with E-state index in [0.29, 0.717) is 11.5 Å². The van der Waals surface area contributed by atoms with Crippen LogP contribution in [0.1, 0.15) is 23.3 Å². The van der Waals surface area contributed by atoms with Gasteiger partial charge in [-0.2, -0.15) is 4.52 Å². The predicted molar refractivity (Wildman–Crippen MR) is 96.6 cm³/mol. The third kappa shape index (κ3) is 1.76. The monoisotopic (exact) mass is 337 g/mol. The summed E-state index contributed by atoms with van der Waals surface area (Å²) in [6, 6.07) is 7.71. The maximum Gasteiger partial charge on any atom is 0.283 e. The summed E-state index contributed by atoms with van der Waals surface area (Å²) in [5.74, 6) is 6.09. The van der Waals surface area contributed by atoms with Crippen LogP contribution in [0.5, 0.6) is 0 Å². The molecule has 1 aliphatic rings. The third-order valence-corrected chi connectivity index (χ3v) is 5.91. The zero-order valence-electron chi connectivity index (χ0n) is 12.9. The smallest absolute Gasteiger partial charge is 0.283 e. The maximum atomic E-state index is 13.1. The number of nitrogens with zero attached hydrogens (tertiary/aromatic N) is 3. The first-order valence-corrected chi connectivity index (χ1v) is 8.82. The number of hydrogen-bond donors (Lipinski definition) is 2. The molecule has 24 heavy (non-hydrogen) atoms. The summed E-state index contributed by atoms with van der Waals surface area (Å²) < 4.78 is 1.39. The fraction of sp³-hybridized carbons (Fsp3) is 0.235. The van der Waals surface area contributed by atoms with Gasteiger partial charge >= 0.3 is 0 Å². The zero-order valence-corrected chi connectivity index (χ0v) is 13.7. The molecule has 0 unspecified atom stereocenters. The molecule has 3 N–H and O–H groups in total. The number of anilines is 1. The van der Waals surface area contributed by atoms with Crippen molar-refractivity contribution in [1.29, 1.82) is 0 Å². The minimum absolute atomic E-state index is 0.100. The van der Waals surface area contributed by atoms with Crippen molar-refractivity contribution in [3.8, 4) is 0 Å². The lowest BCUT2D eigenvalue weighted by Crippen LogP contribution is -2.21. The topological polar surface area (TPSA) is 85.3 Å². The Bertz CT molecular complexity index is 1180. The zero-order chi connectivity index (χ0) is 16.3. The van der Waals surface area contributed by atoms with Gasteiger partial charge in [0.15, 0.2) is 11.5 Å². The second-order valence-electron chi connectivity index (χ2n) is 6.08. The van der Waals surface area contributed by atoms with Gasteiger partial charge in [-0.3, -0.25) is 4.79 Å². The molecule has 120 valence electrons. The Morgan fingerprint density at radius 1 is 1.17 bits per heavy atom. The maximum absolute atomic E-state index is 13.1. The highest BCUT2D eigenvalue weighted by atomic mass is 32.1. The number of thiophene rings is 1. The van der Waals surface area contributed by atoms with Gasteiger partial charge in [0.2, 0.25) is 0 Å². The van der Waals surface area contributed by atoms with E-state index in [1.54, 1.807) is 11.3 Å². The Morgan fingerprint density at radius 3 is 2.79 bits per heavy atom. The van der Waals surface area contributed by atoms with Crippen molar-refractivity contribution in [2.45, 2.75) is 25.7 Å². The molecule has 1 aromatic carbocycles. The van der Waals surface area contributed by atoms with Crippen LogP contribution in [0.3, 0.4) is 0 Å². The molecule has 7 heteroatoms. The fourth-order valence-electron chi connectivity index (χ4n) is 3.61. The van der Waals surface area contributed by atoms with Crippen molar-refractivity contribution >= 4 is 43.8 Å². The molecule has 4 aromatic rings. The van der Waals surface area contributed by atoms with E-state index < -0.39 is 0 Å². The normalized spacial score (nSPS) is 14.4. The summed E-state index contributed by atoms with van der Waals surface area (Å²) in [5, 5.41) is 6.87. The number of aromatic nitrogens is 3. The van der Waals surface area contributed by atoms with Crippen LogP contribution in [-0.2, 0) is 12.8 Å². The van der Waals surface area contributed by atoms with Crippen LogP contribution < -0.4 is 16.8 Å². The molecule has 3 heterocycles. The summed E-state index contributed by atoms with van der Waals surface area (Å²) in [6.07, 6.45) is 4.30. The van der Waals surface area contributed by atoms with Crippen molar-refractivity contribution in [3.05, 3.63) is 45.1 Å². The first kappa shape index (κ1) is 13.9. The van der Waals surface area contributed by atoms with E-state index in [4.69, 9.17) is 10.8 Å². The lowest BCUT2D eigenvalue weighted by Gasteiger charge is -2.11. The van der Waals surface area contributed by atoms with E-state index in [2.05, 4.69) is 10.5 Å². The molecule has 0 radical (unpaired) electrons. The van der Waals surface area contributed by atoms with Crippen LogP contribution in [-0.4, -0.2) is 14.6 Å². The molecule has 0 saturated carbocycles. The quantitative estimate of drug-likeness (QED) is 0.317. The molecular formula is C17H15N5OS. The predicted octanol–water partition coefficient (Wildman–Crippen LogP) is 2.62. The number of rotatable bonds is 1. The van der Waals surface area contributed by atoms with E-state index in [0.717, 1.165) is 40.3 Å². The van der Waals surface area contributed by atoms with Gasteiger partial charge < -0.3 is 5.43 Å². The highest BCUT2D eigenvalue weighted by molar-refractivity contribution is 7.18. The molecule has 3 aromatic heterocycles. The summed E-state index contributed by atoms with van der Waals surface area (Å²) in [6.45, 7) is 0. The minimum atomic E-state index is -0.100. The number of nitrogens with one attached hydrogen (secondary N) is 1. The Morgan fingerprint density at radius 2 is 1.96 bits per heavy atom. The summed E-state index contributed by atoms with van der Waals surface area (Å²) in [4.78, 5) is 20.1. The molecule has 0 bridgehead atoms. The molecule has 0 fully saturated rings. The van der Waals surface area contributed by atoms with Crippen LogP contribution >= 0.6 is 11.3 Å². The van der Waals surface area contributed by atoms with Gasteiger partial charge in [0.05, 0.1) is 5.39 Å². The average Bonchev–Trinajstić information content (AvgIpc) is 3.00. The van der Waals surface area contributed by atoms with Crippen LogP contribution in [0, 0.1) is 0 Å². The molecule has 0 spiro atoms. The van der Waals surface area contributed by atoms with Crippen molar-refractivity contribution in [3.63, 3.8) is 0 Å². The summed E-state index contributed by atoms with van der Waals surface area (Å²) >= 11 is 1.65. The molecule has 0 saturated heterocycles. The third-order valence-electron chi connectivity index (χ3n) is 4.73. The standard InChI is InChI=1S/C17H15N5OS/c18-20-14-9-5-1-2-6-10(9)15-19-16-13(17(23)22(15)21-14)11-7-3-4-8-12(11)24-16/h1-2,5-6H,3-4,7-8,18H2,(H,20,21). The lowest BCUT2D eigenvalue weighted by molar-refractivity contribution is 0.699. The number of nitrogen functional groups attached to an aromatic ring is 1. The van der Waals surface area contributed by atoms with Crippen LogP contribution in [0.25, 0.3) is 26.6 Å². The number of hydrazine groups is 1. The molecule has 0 amide bonds. The van der Waals surface area contributed by atoms with Gasteiger partial charge in [-0.15, -0.1) is 16.4 Å². The van der Waals surface area contributed by atoms with Gasteiger partial charge in [0.25, 0.3) is 5.56 Å². The van der Waals surface area contributed by atoms with Crippen molar-refractivity contribution in [2.75, 3.05) is 5.43 Å². The number of nitrogens with two attached hydrogens (primary N) is 1. The first-order chi connectivity index (χ1) is 11.8.